The van der Waals surface area contributed by atoms with Crippen LogP contribution in [0, 0.1) is 0 Å². The van der Waals surface area contributed by atoms with Crippen LogP contribution >= 0.6 is 24.8 Å². The molecule has 0 unspecified atom stereocenters. The third-order valence-corrected chi connectivity index (χ3v) is 3.09. The normalized spacial score (nSPS) is 12.0. The minimum absolute atomic E-state index is 0.290. The highest BCUT2D eigenvalue weighted by molar-refractivity contribution is 8.08. The molecule has 0 aliphatic carbocycles. The third-order valence-electron chi connectivity index (χ3n) is 3.09. The first kappa shape index (κ1) is 15.4. The molecular formula is C16H13NO2S2. The van der Waals surface area contributed by atoms with E-state index in [0.717, 1.165) is 11.1 Å². The number of hydrogen-bond acceptors (Lipinski definition) is 3. The van der Waals surface area contributed by atoms with Crippen LogP contribution < -0.4 is 5.32 Å². The number of amides is 2. The average molecular weight is 315 g/mol. The summed E-state index contributed by atoms with van der Waals surface area (Å²) >= 11 is 7.61. The van der Waals surface area contributed by atoms with Crippen LogP contribution in [0.4, 0.5) is 0 Å². The maximum atomic E-state index is 11.8. The Kier molecular flexibility index (Phi) is 5.25. The molecule has 2 aromatic rings. The summed E-state index contributed by atoms with van der Waals surface area (Å²) in [6.07, 6.45) is 0.657. The van der Waals surface area contributed by atoms with E-state index in [0.29, 0.717) is 17.5 Å². The molecule has 3 rings (SSSR count). The number of nitrogens with one attached hydrogen (secondary N) is 1. The van der Waals surface area contributed by atoms with E-state index in [4.69, 9.17) is 0 Å². The summed E-state index contributed by atoms with van der Waals surface area (Å²) in [5.74, 6) is -0.591. The van der Waals surface area contributed by atoms with Crippen molar-refractivity contribution in [2.75, 3.05) is 0 Å². The van der Waals surface area contributed by atoms with E-state index in [2.05, 4.69) is 30.2 Å². The fraction of sp³-hybridized carbons (Fsp3) is 0.0625. The lowest BCUT2D eigenvalue weighted by Gasteiger charge is -2.05. The van der Waals surface area contributed by atoms with Crippen LogP contribution in [-0.2, 0) is 6.42 Å². The zero-order valence-electron chi connectivity index (χ0n) is 11.1. The summed E-state index contributed by atoms with van der Waals surface area (Å²) in [6, 6.07) is 15.3. The number of imide groups is 1. The number of fused-ring (bicyclic) bond motifs is 1. The monoisotopic (exact) mass is 315 g/mol. The van der Waals surface area contributed by atoms with Crippen molar-refractivity contribution in [2.24, 2.45) is 0 Å². The molecule has 1 aliphatic heterocycles. The Morgan fingerprint density at radius 3 is 2.33 bits per heavy atom. The molecule has 2 aromatic carbocycles. The van der Waals surface area contributed by atoms with Crippen LogP contribution in [0.25, 0.3) is 0 Å². The van der Waals surface area contributed by atoms with Gasteiger partial charge in [0, 0.05) is 4.70 Å². The third kappa shape index (κ3) is 3.56. The molecule has 5 heteroatoms. The van der Waals surface area contributed by atoms with Crippen molar-refractivity contribution in [3.63, 3.8) is 0 Å². The molecular weight excluding hydrogens is 302 g/mol. The van der Waals surface area contributed by atoms with Gasteiger partial charge in [0.1, 0.15) is 0 Å². The van der Waals surface area contributed by atoms with Crippen LogP contribution in [0.5, 0.6) is 0 Å². The number of carbonyl (C=O) groups excluding carboxylic acids is 2. The lowest BCUT2D eigenvalue weighted by atomic mass is 9.97. The molecule has 1 N–H and O–H groups in total. The summed E-state index contributed by atoms with van der Waals surface area (Å²) in [6.45, 7) is 0. The van der Waals surface area contributed by atoms with E-state index in [9.17, 15) is 9.59 Å². The molecule has 2 amide bonds. The molecule has 21 heavy (non-hydrogen) atoms. The second kappa shape index (κ2) is 7.15. The van der Waals surface area contributed by atoms with Gasteiger partial charge in [-0.05, 0) is 23.6 Å². The van der Waals surface area contributed by atoms with E-state index in [1.54, 1.807) is 6.07 Å². The van der Waals surface area contributed by atoms with Crippen LogP contribution in [0.1, 0.15) is 31.8 Å². The minimum Gasteiger partial charge on any atom is -0.288 e. The lowest BCUT2D eigenvalue weighted by molar-refractivity contribution is 0.0879. The maximum Gasteiger partial charge on any atom is 0.259 e. The molecule has 3 nitrogen and oxygen atoms in total. The Hall–Kier alpha value is -1.98. The van der Waals surface area contributed by atoms with E-state index >= 15 is 0 Å². The van der Waals surface area contributed by atoms with Crippen molar-refractivity contribution in [3.8, 4) is 0 Å². The number of thiocarbonyl (C=S) groups is 1. The van der Waals surface area contributed by atoms with Gasteiger partial charge >= 0.3 is 0 Å². The van der Waals surface area contributed by atoms with Crippen molar-refractivity contribution in [1.82, 2.24) is 5.32 Å². The summed E-state index contributed by atoms with van der Waals surface area (Å²) in [5, 5.41) is 2.33. The van der Waals surface area contributed by atoms with Gasteiger partial charge in [-0.25, -0.2) is 0 Å². The summed E-state index contributed by atoms with van der Waals surface area (Å²) in [4.78, 5) is 23.3. The predicted molar refractivity (Wildman–Crippen MR) is 90.1 cm³/mol. The Labute approximate surface area is 133 Å². The smallest absolute Gasteiger partial charge is 0.259 e. The molecule has 0 saturated heterocycles. The summed E-state index contributed by atoms with van der Waals surface area (Å²) in [5.41, 5.74) is 3.01. The van der Waals surface area contributed by atoms with Gasteiger partial charge in [0.25, 0.3) is 11.8 Å². The topological polar surface area (TPSA) is 46.2 Å². The standard InChI is InChI=1S/C15H11NO2.CH2S2/c17-14-12-8-4-7-11(13(12)15(18)16-14)9-10-5-2-1-3-6-10;2-1-3/h1-8H,9H2,(H,16,17,18);1H,(H,2,3). The van der Waals surface area contributed by atoms with Gasteiger partial charge in [-0.2, -0.15) is 0 Å². The fourth-order valence-corrected chi connectivity index (χ4v) is 2.25. The number of hydrogen-bond donors (Lipinski definition) is 2. The Balaban J connectivity index is 0.000000497. The Morgan fingerprint density at radius 1 is 1.00 bits per heavy atom. The van der Waals surface area contributed by atoms with Gasteiger partial charge in [-0.15, -0.1) is 12.6 Å². The molecule has 0 fully saturated rings. The zero-order valence-corrected chi connectivity index (χ0v) is 12.8. The number of thiol groups is 1. The average Bonchev–Trinajstić information content (AvgIpc) is 2.77. The zero-order chi connectivity index (χ0) is 15.2. The van der Waals surface area contributed by atoms with Crippen LogP contribution in [-0.4, -0.2) is 16.5 Å². The van der Waals surface area contributed by atoms with E-state index in [1.807, 2.05) is 42.5 Å². The minimum atomic E-state index is -0.301. The maximum absolute atomic E-state index is 11.8. The van der Waals surface area contributed by atoms with E-state index < -0.39 is 0 Å². The van der Waals surface area contributed by atoms with Crippen molar-refractivity contribution >= 4 is 41.4 Å². The lowest BCUT2D eigenvalue weighted by Crippen LogP contribution is -2.20. The molecule has 106 valence electrons. The molecule has 0 saturated carbocycles. The van der Waals surface area contributed by atoms with Gasteiger partial charge in [0.05, 0.1) is 11.1 Å². The fourth-order valence-electron chi connectivity index (χ4n) is 2.25. The molecule has 0 radical (unpaired) electrons. The Bertz CT molecular complexity index is 684. The van der Waals surface area contributed by atoms with Crippen molar-refractivity contribution in [1.29, 1.82) is 0 Å². The summed E-state index contributed by atoms with van der Waals surface area (Å²) in [7, 11) is 0. The van der Waals surface area contributed by atoms with Crippen molar-refractivity contribution in [3.05, 3.63) is 70.8 Å². The van der Waals surface area contributed by atoms with Crippen LogP contribution in [0.3, 0.4) is 0 Å². The van der Waals surface area contributed by atoms with Gasteiger partial charge in [-0.3, -0.25) is 14.9 Å². The predicted octanol–water partition coefficient (Wildman–Crippen LogP) is 3.03. The van der Waals surface area contributed by atoms with E-state index in [1.165, 1.54) is 4.70 Å². The van der Waals surface area contributed by atoms with E-state index in [-0.39, 0.29) is 11.8 Å². The van der Waals surface area contributed by atoms with Gasteiger partial charge < -0.3 is 0 Å². The number of benzene rings is 2. The van der Waals surface area contributed by atoms with Gasteiger partial charge in [0.15, 0.2) is 0 Å². The highest BCUT2D eigenvalue weighted by atomic mass is 32.1. The SMILES string of the molecule is O=C1NC(=O)c2c(Cc3ccccc3)cccc21.S=CS. The largest absolute Gasteiger partial charge is 0.288 e. The van der Waals surface area contributed by atoms with Gasteiger partial charge in [0.2, 0.25) is 0 Å². The first-order valence-electron chi connectivity index (χ1n) is 6.26. The number of carbonyl (C=O) groups is 2. The second-order valence-corrected chi connectivity index (χ2v) is 5.23. The first-order chi connectivity index (χ1) is 10.2. The molecule has 0 aromatic heterocycles. The highest BCUT2D eigenvalue weighted by Gasteiger charge is 2.28. The number of rotatable bonds is 2. The molecule has 0 bridgehead atoms. The molecule has 1 heterocycles. The highest BCUT2D eigenvalue weighted by Crippen LogP contribution is 2.22. The second-order valence-electron chi connectivity index (χ2n) is 4.39. The van der Waals surface area contributed by atoms with Gasteiger partial charge in [-0.1, -0.05) is 54.7 Å². The quantitative estimate of drug-likeness (QED) is 0.509. The summed E-state index contributed by atoms with van der Waals surface area (Å²) < 4.78 is 1.28. The van der Waals surface area contributed by atoms with Crippen LogP contribution in [0.2, 0.25) is 0 Å². The molecule has 1 aliphatic rings. The first-order valence-corrected chi connectivity index (χ1v) is 7.25. The molecule has 0 atom stereocenters. The molecule has 0 spiro atoms. The van der Waals surface area contributed by atoms with Crippen LogP contribution in [0.15, 0.2) is 48.5 Å². The van der Waals surface area contributed by atoms with Crippen molar-refractivity contribution in [2.45, 2.75) is 6.42 Å². The van der Waals surface area contributed by atoms with Crippen molar-refractivity contribution < 1.29 is 9.59 Å². The Morgan fingerprint density at radius 2 is 1.67 bits per heavy atom.